The molecule has 0 bridgehead atoms. The summed E-state index contributed by atoms with van der Waals surface area (Å²) in [6, 6.07) is 7.06. The Labute approximate surface area is 225 Å². The van der Waals surface area contributed by atoms with Crippen LogP contribution in [0.1, 0.15) is 53.3 Å². The van der Waals surface area contributed by atoms with Gasteiger partial charge < -0.3 is 16.2 Å². The zero-order chi connectivity index (χ0) is 27.4. The van der Waals surface area contributed by atoms with E-state index in [1.165, 1.54) is 35.1 Å². The van der Waals surface area contributed by atoms with Crippen LogP contribution < -0.4 is 11.1 Å². The molecule has 1 aromatic carbocycles. The minimum absolute atomic E-state index is 0.0755. The van der Waals surface area contributed by atoms with E-state index in [2.05, 4.69) is 15.4 Å². The average Bonchev–Trinajstić information content (AvgIpc) is 3.45. The number of benzene rings is 1. The second-order valence-corrected chi connectivity index (χ2v) is 13.0. The van der Waals surface area contributed by atoms with Gasteiger partial charge in [0.25, 0.3) is 5.91 Å². The first kappa shape index (κ1) is 26.6. The standard InChI is InChI=1S/C26H29ClFN5O4S/c1-14-3-5-19(12-30-14)38(36,37)13-26(35)10-16-7-15(8-17(16)11-26)23-22(24(29)33(2)32-23)25(34)31-18-4-6-21(28)20(27)9-18/h3-6,9,12,15-17,35H,7-8,10-11,13,29H2,1-2H3,(H,31,34). The lowest BCUT2D eigenvalue weighted by atomic mass is 9.92. The number of nitrogen functional groups attached to an aromatic ring is 1. The van der Waals surface area contributed by atoms with Gasteiger partial charge in [-0.15, -0.1) is 0 Å². The Morgan fingerprint density at radius 1 is 1.26 bits per heavy atom. The highest BCUT2D eigenvalue weighted by molar-refractivity contribution is 7.91. The molecule has 5 rings (SSSR count). The number of fused-ring (bicyclic) bond motifs is 1. The van der Waals surface area contributed by atoms with Crippen molar-refractivity contribution in [3.8, 4) is 0 Å². The van der Waals surface area contributed by atoms with Crippen LogP contribution in [0.4, 0.5) is 15.9 Å². The molecule has 2 saturated carbocycles. The Balaban J connectivity index is 1.30. The summed E-state index contributed by atoms with van der Waals surface area (Å²) in [7, 11) is -2.05. The van der Waals surface area contributed by atoms with Crippen molar-refractivity contribution in [1.82, 2.24) is 14.8 Å². The van der Waals surface area contributed by atoms with Gasteiger partial charge in [-0.25, -0.2) is 12.8 Å². The smallest absolute Gasteiger partial charge is 0.261 e. The third-order valence-electron chi connectivity index (χ3n) is 7.74. The number of halogens is 2. The summed E-state index contributed by atoms with van der Waals surface area (Å²) >= 11 is 5.84. The topological polar surface area (TPSA) is 140 Å². The van der Waals surface area contributed by atoms with Crippen LogP contribution >= 0.6 is 11.6 Å². The van der Waals surface area contributed by atoms with E-state index < -0.39 is 27.2 Å². The van der Waals surface area contributed by atoms with E-state index in [-0.39, 0.29) is 44.8 Å². The van der Waals surface area contributed by atoms with Crippen molar-refractivity contribution in [2.75, 3.05) is 16.8 Å². The highest BCUT2D eigenvalue weighted by Gasteiger charge is 2.51. The van der Waals surface area contributed by atoms with Crippen LogP contribution in [0.2, 0.25) is 5.02 Å². The van der Waals surface area contributed by atoms with E-state index >= 15 is 0 Å². The largest absolute Gasteiger partial charge is 0.389 e. The van der Waals surface area contributed by atoms with Crippen LogP contribution in [0.15, 0.2) is 41.4 Å². The number of pyridine rings is 1. The number of aliphatic hydroxyl groups is 1. The summed E-state index contributed by atoms with van der Waals surface area (Å²) in [5, 5.41) is 18.4. The van der Waals surface area contributed by atoms with Gasteiger partial charge in [0.05, 0.1) is 27.0 Å². The van der Waals surface area contributed by atoms with Crippen LogP contribution in [-0.4, -0.2) is 45.5 Å². The van der Waals surface area contributed by atoms with Gasteiger partial charge >= 0.3 is 0 Å². The van der Waals surface area contributed by atoms with Crippen molar-refractivity contribution in [2.45, 2.75) is 49.0 Å². The Kier molecular flexibility index (Phi) is 6.73. The molecule has 1 amide bonds. The zero-order valence-electron chi connectivity index (χ0n) is 21.0. The lowest BCUT2D eigenvalue weighted by Crippen LogP contribution is -2.35. The average molecular weight is 562 g/mol. The maximum Gasteiger partial charge on any atom is 0.261 e. The van der Waals surface area contributed by atoms with Crippen molar-refractivity contribution < 1.29 is 22.7 Å². The second-order valence-electron chi connectivity index (χ2n) is 10.6. The minimum Gasteiger partial charge on any atom is -0.389 e. The first-order valence-electron chi connectivity index (χ1n) is 12.3. The molecular formula is C26H29ClFN5O4S. The van der Waals surface area contributed by atoms with Crippen LogP contribution in [0, 0.1) is 24.6 Å². The first-order chi connectivity index (χ1) is 17.8. The monoisotopic (exact) mass is 561 g/mol. The molecule has 2 aliphatic carbocycles. The molecule has 2 aromatic heterocycles. The van der Waals surface area contributed by atoms with Crippen LogP contribution in [0.25, 0.3) is 0 Å². The van der Waals surface area contributed by atoms with Crippen LogP contribution in [0.5, 0.6) is 0 Å². The normalized spacial score (nSPS) is 24.9. The Bertz CT molecular complexity index is 1490. The molecule has 2 atom stereocenters. The molecule has 9 nitrogen and oxygen atoms in total. The molecule has 2 aliphatic rings. The minimum atomic E-state index is -3.70. The fourth-order valence-electron chi connectivity index (χ4n) is 6.03. The molecule has 0 saturated heterocycles. The summed E-state index contributed by atoms with van der Waals surface area (Å²) in [5.41, 5.74) is 6.75. The van der Waals surface area contributed by atoms with Crippen LogP contribution in [0.3, 0.4) is 0 Å². The van der Waals surface area contributed by atoms with Gasteiger partial charge in [-0.05, 0) is 74.8 Å². The molecule has 2 heterocycles. The fourth-order valence-corrected chi connectivity index (χ4v) is 7.81. The Hall–Kier alpha value is -3.02. The number of amides is 1. The maximum absolute atomic E-state index is 13.5. The maximum atomic E-state index is 13.5. The predicted molar refractivity (Wildman–Crippen MR) is 141 cm³/mol. The number of nitrogens with one attached hydrogen (secondary N) is 1. The summed E-state index contributed by atoms with van der Waals surface area (Å²) in [5.74, 6) is -1.11. The van der Waals surface area contributed by atoms with E-state index in [0.717, 1.165) is 0 Å². The summed E-state index contributed by atoms with van der Waals surface area (Å²) in [4.78, 5) is 17.4. The zero-order valence-corrected chi connectivity index (χ0v) is 22.6. The third kappa shape index (κ3) is 5.02. The number of nitrogens with zero attached hydrogens (tertiary/aromatic N) is 3. The molecule has 3 aromatic rings. The van der Waals surface area contributed by atoms with E-state index in [1.807, 2.05) is 0 Å². The van der Waals surface area contributed by atoms with E-state index in [0.29, 0.717) is 42.8 Å². The number of aromatic nitrogens is 3. The lowest BCUT2D eigenvalue weighted by Gasteiger charge is -2.24. The summed E-state index contributed by atoms with van der Waals surface area (Å²) in [6.45, 7) is 1.78. The second kappa shape index (κ2) is 9.62. The molecule has 4 N–H and O–H groups in total. The number of rotatable bonds is 6. The molecule has 12 heteroatoms. The quantitative estimate of drug-likeness (QED) is 0.415. The van der Waals surface area contributed by atoms with Crippen molar-refractivity contribution >= 4 is 38.9 Å². The van der Waals surface area contributed by atoms with Gasteiger partial charge in [0, 0.05) is 30.5 Å². The van der Waals surface area contributed by atoms with Crippen molar-refractivity contribution in [1.29, 1.82) is 0 Å². The molecule has 0 spiro atoms. The number of anilines is 2. The van der Waals surface area contributed by atoms with Crippen molar-refractivity contribution in [3.63, 3.8) is 0 Å². The first-order valence-corrected chi connectivity index (χ1v) is 14.3. The van der Waals surface area contributed by atoms with Gasteiger partial charge in [0.15, 0.2) is 9.84 Å². The van der Waals surface area contributed by atoms with Gasteiger partial charge in [-0.2, -0.15) is 5.10 Å². The molecule has 0 radical (unpaired) electrons. The SMILES string of the molecule is Cc1ccc(S(=O)(=O)CC2(O)CC3CC(c4nn(C)c(N)c4C(=O)Nc4ccc(F)c(Cl)c4)CC3C2)cn1. The van der Waals surface area contributed by atoms with Gasteiger partial charge in [-0.1, -0.05) is 11.6 Å². The van der Waals surface area contributed by atoms with Crippen molar-refractivity contribution in [3.05, 3.63) is 64.3 Å². The summed E-state index contributed by atoms with van der Waals surface area (Å²) in [6.07, 6.45) is 3.34. The number of carbonyl (C=O) groups excluding carboxylic acids is 1. The number of aryl methyl sites for hydroxylation is 2. The Morgan fingerprint density at radius 3 is 2.55 bits per heavy atom. The number of hydrogen-bond acceptors (Lipinski definition) is 7. The highest BCUT2D eigenvalue weighted by atomic mass is 35.5. The third-order valence-corrected chi connectivity index (χ3v) is 9.90. The highest BCUT2D eigenvalue weighted by Crippen LogP contribution is 2.54. The molecule has 2 fully saturated rings. The number of hydrogen-bond donors (Lipinski definition) is 3. The van der Waals surface area contributed by atoms with Gasteiger partial charge in [0.1, 0.15) is 17.2 Å². The molecule has 0 aliphatic heterocycles. The van der Waals surface area contributed by atoms with Gasteiger partial charge in [0.2, 0.25) is 0 Å². The predicted octanol–water partition coefficient (Wildman–Crippen LogP) is 3.86. The molecule has 2 unspecified atom stereocenters. The molecular weight excluding hydrogens is 533 g/mol. The Morgan fingerprint density at radius 2 is 1.95 bits per heavy atom. The van der Waals surface area contributed by atoms with Crippen LogP contribution in [-0.2, 0) is 16.9 Å². The van der Waals surface area contributed by atoms with Crippen molar-refractivity contribution in [2.24, 2.45) is 18.9 Å². The number of carbonyl (C=O) groups is 1. The molecule has 202 valence electrons. The van der Waals surface area contributed by atoms with E-state index in [9.17, 15) is 22.7 Å². The van der Waals surface area contributed by atoms with Gasteiger partial charge in [-0.3, -0.25) is 14.5 Å². The van der Waals surface area contributed by atoms with E-state index in [1.54, 1.807) is 20.0 Å². The number of sulfone groups is 1. The number of nitrogens with two attached hydrogens (primary N) is 1. The fraction of sp³-hybridized carbons (Fsp3) is 0.423. The lowest BCUT2D eigenvalue weighted by molar-refractivity contribution is 0.0611. The van der Waals surface area contributed by atoms with E-state index in [4.69, 9.17) is 17.3 Å². The summed E-state index contributed by atoms with van der Waals surface area (Å²) < 4.78 is 40.9. The molecule has 38 heavy (non-hydrogen) atoms.